The third-order valence-electron chi connectivity index (χ3n) is 6.72. The smallest absolute Gasteiger partial charge is 0.252 e. The van der Waals surface area contributed by atoms with Crippen LogP contribution >= 0.6 is 11.6 Å². The molecule has 0 bridgehead atoms. The molecule has 8 nitrogen and oxygen atoms in total. The zero-order chi connectivity index (χ0) is 25.0. The highest BCUT2D eigenvalue weighted by Crippen LogP contribution is 2.28. The van der Waals surface area contributed by atoms with Crippen molar-refractivity contribution >= 4 is 33.4 Å². The molecule has 2 aromatic carbocycles. The molecule has 2 aromatic rings. The number of sulfonamides is 1. The molecule has 0 unspecified atom stereocenters. The maximum Gasteiger partial charge on any atom is 0.252 e. The Labute approximate surface area is 211 Å². The number of methoxy groups -OCH3 is 1. The lowest BCUT2D eigenvalue weighted by Crippen LogP contribution is -2.54. The van der Waals surface area contributed by atoms with E-state index in [0.717, 1.165) is 12.8 Å². The average Bonchev–Trinajstić information content (AvgIpc) is 3.42. The number of amides is 2. The Balaban J connectivity index is 1.49. The van der Waals surface area contributed by atoms with Crippen molar-refractivity contribution in [3.8, 4) is 5.75 Å². The minimum Gasteiger partial charge on any atom is -0.497 e. The first-order valence-electron chi connectivity index (χ1n) is 11.8. The van der Waals surface area contributed by atoms with Crippen molar-refractivity contribution in [1.82, 2.24) is 14.5 Å². The molecule has 35 heavy (non-hydrogen) atoms. The van der Waals surface area contributed by atoms with Crippen molar-refractivity contribution < 1.29 is 22.7 Å². The average molecular weight is 520 g/mol. The van der Waals surface area contributed by atoms with E-state index < -0.39 is 16.1 Å². The standard InChI is InChI=1S/C25H30ClN3O5S/c1-34-21-6-4-5-19(17-21)24(30)27-23(25(31)28-13-2-3-14-28)18-11-15-29(16-12-18)35(32,33)22-9-7-20(26)8-10-22/h4-10,17-18,23H,2-3,11-16H2,1H3,(H,27,30)/t23-/m1/s1. The summed E-state index contributed by atoms with van der Waals surface area (Å²) in [5.41, 5.74) is 0.409. The van der Waals surface area contributed by atoms with Gasteiger partial charge in [-0.15, -0.1) is 0 Å². The van der Waals surface area contributed by atoms with Gasteiger partial charge in [0.15, 0.2) is 0 Å². The summed E-state index contributed by atoms with van der Waals surface area (Å²) in [6.07, 6.45) is 2.82. The summed E-state index contributed by atoms with van der Waals surface area (Å²) in [6.45, 7) is 1.89. The molecule has 0 aromatic heterocycles. The highest BCUT2D eigenvalue weighted by atomic mass is 35.5. The number of nitrogens with one attached hydrogen (secondary N) is 1. The Kier molecular flexibility index (Phi) is 7.98. The number of piperidine rings is 1. The first-order chi connectivity index (χ1) is 16.8. The van der Waals surface area contributed by atoms with Crippen LogP contribution in [0.15, 0.2) is 53.4 Å². The van der Waals surface area contributed by atoms with Crippen molar-refractivity contribution in [2.24, 2.45) is 5.92 Å². The van der Waals surface area contributed by atoms with Gasteiger partial charge in [-0.1, -0.05) is 17.7 Å². The van der Waals surface area contributed by atoms with Crippen LogP contribution in [0.3, 0.4) is 0 Å². The third kappa shape index (κ3) is 5.79. The molecule has 2 aliphatic heterocycles. The first kappa shape index (κ1) is 25.5. The van der Waals surface area contributed by atoms with Gasteiger partial charge in [0.1, 0.15) is 11.8 Å². The Morgan fingerprint density at radius 3 is 2.31 bits per heavy atom. The van der Waals surface area contributed by atoms with E-state index in [1.807, 2.05) is 0 Å². The van der Waals surface area contributed by atoms with Crippen LogP contribution < -0.4 is 10.1 Å². The SMILES string of the molecule is COc1cccc(C(=O)N[C@@H](C(=O)N2CCCC2)C2CCN(S(=O)(=O)c3ccc(Cl)cc3)CC2)c1. The maximum absolute atomic E-state index is 13.4. The number of carbonyl (C=O) groups is 2. The summed E-state index contributed by atoms with van der Waals surface area (Å²) in [5, 5.41) is 3.42. The number of carbonyl (C=O) groups excluding carboxylic acids is 2. The number of ether oxygens (including phenoxy) is 1. The minimum atomic E-state index is -3.66. The minimum absolute atomic E-state index is 0.0993. The summed E-state index contributed by atoms with van der Waals surface area (Å²) in [4.78, 5) is 28.5. The number of rotatable bonds is 7. The number of hydrogen-bond acceptors (Lipinski definition) is 5. The van der Waals surface area contributed by atoms with E-state index in [0.29, 0.717) is 42.3 Å². The zero-order valence-electron chi connectivity index (χ0n) is 19.7. The fourth-order valence-corrected chi connectivity index (χ4v) is 6.31. The number of halogens is 1. The number of benzene rings is 2. The molecular formula is C25H30ClN3O5S. The van der Waals surface area contributed by atoms with Gasteiger partial charge in [0.25, 0.3) is 5.91 Å². The fourth-order valence-electron chi connectivity index (χ4n) is 4.71. The molecule has 2 fully saturated rings. The van der Waals surface area contributed by atoms with Gasteiger partial charge in [-0.2, -0.15) is 4.31 Å². The van der Waals surface area contributed by atoms with Gasteiger partial charge in [0, 0.05) is 36.8 Å². The summed E-state index contributed by atoms with van der Waals surface area (Å²) in [5.74, 6) is -0.0643. The van der Waals surface area contributed by atoms with Gasteiger partial charge in [-0.25, -0.2) is 8.42 Å². The van der Waals surface area contributed by atoms with Gasteiger partial charge in [0.2, 0.25) is 15.9 Å². The summed E-state index contributed by atoms with van der Waals surface area (Å²) < 4.78 is 32.8. The zero-order valence-corrected chi connectivity index (χ0v) is 21.2. The molecule has 2 heterocycles. The van der Waals surface area contributed by atoms with E-state index in [4.69, 9.17) is 16.3 Å². The number of nitrogens with zero attached hydrogens (tertiary/aromatic N) is 2. The van der Waals surface area contributed by atoms with Crippen LogP contribution in [0.2, 0.25) is 5.02 Å². The molecule has 0 spiro atoms. The second-order valence-electron chi connectivity index (χ2n) is 8.91. The molecule has 2 aliphatic rings. The van der Waals surface area contributed by atoms with E-state index in [1.165, 1.54) is 23.5 Å². The van der Waals surface area contributed by atoms with Gasteiger partial charge < -0.3 is 15.0 Å². The van der Waals surface area contributed by atoms with Crippen molar-refractivity contribution in [1.29, 1.82) is 0 Å². The Morgan fingerprint density at radius 2 is 1.69 bits per heavy atom. The normalized spacial score (nSPS) is 18.3. The summed E-state index contributed by atoms with van der Waals surface area (Å²) in [6, 6.07) is 12.2. The predicted octanol–water partition coefficient (Wildman–Crippen LogP) is 3.17. The van der Waals surface area contributed by atoms with Crippen LogP contribution in [0.5, 0.6) is 5.75 Å². The molecule has 0 aliphatic carbocycles. The Hall–Kier alpha value is -2.62. The Morgan fingerprint density at radius 1 is 1.03 bits per heavy atom. The lowest BCUT2D eigenvalue weighted by molar-refractivity contribution is -0.133. The molecule has 10 heteroatoms. The van der Waals surface area contributed by atoms with E-state index in [9.17, 15) is 18.0 Å². The van der Waals surface area contributed by atoms with E-state index >= 15 is 0 Å². The second kappa shape index (κ2) is 11.0. The quantitative estimate of drug-likeness (QED) is 0.606. The highest BCUT2D eigenvalue weighted by molar-refractivity contribution is 7.89. The summed E-state index contributed by atoms with van der Waals surface area (Å²) >= 11 is 5.90. The number of likely N-dealkylation sites (tertiary alicyclic amines) is 1. The van der Waals surface area contributed by atoms with Crippen molar-refractivity contribution in [3.05, 3.63) is 59.1 Å². The molecule has 1 N–H and O–H groups in total. The maximum atomic E-state index is 13.4. The fraction of sp³-hybridized carbons (Fsp3) is 0.440. The topological polar surface area (TPSA) is 96.0 Å². The lowest BCUT2D eigenvalue weighted by Gasteiger charge is -2.36. The van der Waals surface area contributed by atoms with Crippen molar-refractivity contribution in [2.75, 3.05) is 33.3 Å². The lowest BCUT2D eigenvalue weighted by atomic mass is 9.89. The van der Waals surface area contributed by atoms with Crippen LogP contribution in [-0.2, 0) is 14.8 Å². The molecule has 2 saturated heterocycles. The van der Waals surface area contributed by atoms with Crippen molar-refractivity contribution in [2.45, 2.75) is 36.6 Å². The molecule has 0 radical (unpaired) electrons. The van der Waals surface area contributed by atoms with E-state index in [1.54, 1.807) is 41.3 Å². The van der Waals surface area contributed by atoms with Gasteiger partial charge in [0.05, 0.1) is 12.0 Å². The predicted molar refractivity (Wildman–Crippen MR) is 133 cm³/mol. The third-order valence-corrected chi connectivity index (χ3v) is 8.89. The van der Waals surface area contributed by atoms with Crippen LogP contribution in [0, 0.1) is 5.92 Å². The van der Waals surface area contributed by atoms with Gasteiger partial charge in [-0.3, -0.25) is 9.59 Å². The Bertz CT molecular complexity index is 1160. The van der Waals surface area contributed by atoms with Crippen LogP contribution in [0.1, 0.15) is 36.0 Å². The van der Waals surface area contributed by atoms with Gasteiger partial charge in [-0.05, 0) is 74.1 Å². The highest BCUT2D eigenvalue weighted by Gasteiger charge is 2.38. The van der Waals surface area contributed by atoms with Crippen molar-refractivity contribution in [3.63, 3.8) is 0 Å². The van der Waals surface area contributed by atoms with Crippen LogP contribution in [-0.4, -0.2) is 68.8 Å². The molecular weight excluding hydrogens is 490 g/mol. The largest absolute Gasteiger partial charge is 0.497 e. The second-order valence-corrected chi connectivity index (χ2v) is 11.3. The monoisotopic (exact) mass is 519 g/mol. The molecule has 188 valence electrons. The molecule has 2 amide bonds. The van der Waals surface area contributed by atoms with E-state index in [-0.39, 0.29) is 35.7 Å². The van der Waals surface area contributed by atoms with Gasteiger partial charge >= 0.3 is 0 Å². The summed E-state index contributed by atoms with van der Waals surface area (Å²) in [7, 11) is -2.13. The first-order valence-corrected chi connectivity index (χ1v) is 13.6. The van der Waals surface area contributed by atoms with E-state index in [2.05, 4.69) is 5.32 Å². The molecule has 0 saturated carbocycles. The van der Waals surface area contributed by atoms with Crippen LogP contribution in [0.25, 0.3) is 0 Å². The number of hydrogen-bond donors (Lipinski definition) is 1. The van der Waals surface area contributed by atoms with Crippen LogP contribution in [0.4, 0.5) is 0 Å². The molecule has 4 rings (SSSR count). The molecule has 1 atom stereocenters.